The van der Waals surface area contributed by atoms with Crippen molar-refractivity contribution in [3.05, 3.63) is 12.2 Å². The molecule has 2 atom stereocenters. The fourth-order valence-electron chi connectivity index (χ4n) is 2.87. The standard InChI is InChI=1S/C10H12O2S/c13-9-11-5-10(6-12-9)4-7-1-2-8(10)3-7/h1-2,7-8H,3-6H2. The minimum Gasteiger partial charge on any atom is -0.456 e. The molecular weight excluding hydrogens is 184 g/mol. The zero-order chi connectivity index (χ0) is 8.89. The van der Waals surface area contributed by atoms with Gasteiger partial charge in [0.15, 0.2) is 0 Å². The molecule has 1 saturated carbocycles. The lowest BCUT2D eigenvalue weighted by atomic mass is 9.77. The van der Waals surface area contributed by atoms with Gasteiger partial charge in [0.1, 0.15) is 13.2 Å². The highest BCUT2D eigenvalue weighted by molar-refractivity contribution is 7.79. The summed E-state index contributed by atoms with van der Waals surface area (Å²) in [4.78, 5) is 0. The van der Waals surface area contributed by atoms with Crippen LogP contribution in [0.2, 0.25) is 0 Å². The van der Waals surface area contributed by atoms with Crippen molar-refractivity contribution in [2.24, 2.45) is 17.3 Å². The Hall–Kier alpha value is -0.570. The van der Waals surface area contributed by atoms with Gasteiger partial charge < -0.3 is 9.47 Å². The van der Waals surface area contributed by atoms with E-state index in [0.29, 0.717) is 11.2 Å². The van der Waals surface area contributed by atoms with Crippen LogP contribution in [0.4, 0.5) is 0 Å². The van der Waals surface area contributed by atoms with Crippen LogP contribution >= 0.6 is 12.2 Å². The second kappa shape index (κ2) is 2.47. The molecule has 1 saturated heterocycles. The van der Waals surface area contributed by atoms with Crippen molar-refractivity contribution in [1.29, 1.82) is 0 Å². The molecule has 0 aromatic rings. The van der Waals surface area contributed by atoms with Gasteiger partial charge >= 0.3 is 5.24 Å². The zero-order valence-corrected chi connectivity index (χ0v) is 8.18. The first-order valence-corrected chi connectivity index (χ1v) is 5.17. The van der Waals surface area contributed by atoms with Crippen molar-refractivity contribution < 1.29 is 9.47 Å². The van der Waals surface area contributed by atoms with Crippen molar-refractivity contribution in [2.45, 2.75) is 12.8 Å². The molecule has 0 aromatic carbocycles. The monoisotopic (exact) mass is 196 g/mol. The predicted octanol–water partition coefficient (Wildman–Crippen LogP) is 1.90. The maximum Gasteiger partial charge on any atom is 0.352 e. The summed E-state index contributed by atoms with van der Waals surface area (Å²) in [6.45, 7) is 1.52. The Morgan fingerprint density at radius 1 is 1.31 bits per heavy atom. The highest BCUT2D eigenvalue weighted by atomic mass is 32.1. The number of hydrogen-bond acceptors (Lipinski definition) is 3. The van der Waals surface area contributed by atoms with Gasteiger partial charge in [0.25, 0.3) is 0 Å². The van der Waals surface area contributed by atoms with Crippen LogP contribution in [-0.4, -0.2) is 18.5 Å². The second-order valence-corrected chi connectivity index (χ2v) is 4.71. The summed E-state index contributed by atoms with van der Waals surface area (Å²) in [5.41, 5.74) is 0.252. The molecule has 0 amide bonds. The lowest BCUT2D eigenvalue weighted by Gasteiger charge is -2.38. The number of fused-ring (bicyclic) bond motifs is 3. The minimum atomic E-state index is 0.252. The smallest absolute Gasteiger partial charge is 0.352 e. The van der Waals surface area contributed by atoms with Crippen LogP contribution in [0.25, 0.3) is 0 Å². The highest BCUT2D eigenvalue weighted by Gasteiger charge is 2.51. The van der Waals surface area contributed by atoms with E-state index in [-0.39, 0.29) is 5.41 Å². The van der Waals surface area contributed by atoms with E-state index in [0.717, 1.165) is 19.1 Å². The van der Waals surface area contributed by atoms with E-state index in [2.05, 4.69) is 12.2 Å². The molecule has 1 spiro atoms. The van der Waals surface area contributed by atoms with E-state index in [9.17, 15) is 0 Å². The van der Waals surface area contributed by atoms with Gasteiger partial charge in [-0.1, -0.05) is 12.2 Å². The maximum absolute atomic E-state index is 5.34. The van der Waals surface area contributed by atoms with Crippen molar-refractivity contribution in [3.8, 4) is 0 Å². The molecule has 2 nitrogen and oxygen atoms in total. The third-order valence-corrected chi connectivity index (χ3v) is 3.82. The molecule has 3 aliphatic rings. The average molecular weight is 196 g/mol. The predicted molar refractivity (Wildman–Crippen MR) is 52.3 cm³/mol. The second-order valence-electron chi connectivity index (χ2n) is 4.38. The summed E-state index contributed by atoms with van der Waals surface area (Å²) in [5, 5.41) is 0.331. The molecule has 2 unspecified atom stereocenters. The fourth-order valence-corrected chi connectivity index (χ4v) is 2.99. The van der Waals surface area contributed by atoms with Crippen LogP contribution in [0.5, 0.6) is 0 Å². The Morgan fingerprint density at radius 2 is 2.08 bits per heavy atom. The molecule has 0 N–H and O–H groups in total. The van der Waals surface area contributed by atoms with E-state index < -0.39 is 0 Å². The molecule has 3 rings (SSSR count). The molecule has 2 aliphatic carbocycles. The first kappa shape index (κ1) is 7.80. The Labute approximate surface area is 82.9 Å². The molecule has 0 radical (unpaired) electrons. The van der Waals surface area contributed by atoms with Gasteiger partial charge in [-0.05, 0) is 24.7 Å². The van der Waals surface area contributed by atoms with Crippen molar-refractivity contribution >= 4 is 17.5 Å². The lowest BCUT2D eigenvalue weighted by molar-refractivity contribution is -0.0242. The van der Waals surface area contributed by atoms with Gasteiger partial charge in [0.05, 0.1) is 0 Å². The van der Waals surface area contributed by atoms with E-state index in [1.165, 1.54) is 12.8 Å². The number of allylic oxidation sites excluding steroid dienone is 2. The summed E-state index contributed by atoms with van der Waals surface area (Å²) in [6.07, 6.45) is 7.17. The highest BCUT2D eigenvalue weighted by Crippen LogP contribution is 2.53. The van der Waals surface area contributed by atoms with Crippen LogP contribution in [-0.2, 0) is 9.47 Å². The quantitative estimate of drug-likeness (QED) is 0.435. The fraction of sp³-hybridized carbons (Fsp3) is 0.700. The lowest BCUT2D eigenvalue weighted by Crippen LogP contribution is -2.42. The van der Waals surface area contributed by atoms with Gasteiger partial charge in [0.2, 0.25) is 0 Å². The molecule has 2 fully saturated rings. The maximum atomic E-state index is 5.34. The summed E-state index contributed by atoms with van der Waals surface area (Å²) >= 11 is 4.85. The number of thiocarbonyl (C=S) groups is 1. The van der Waals surface area contributed by atoms with Gasteiger partial charge in [-0.15, -0.1) is 0 Å². The van der Waals surface area contributed by atoms with E-state index in [1.807, 2.05) is 0 Å². The summed E-state index contributed by atoms with van der Waals surface area (Å²) in [6, 6.07) is 0. The van der Waals surface area contributed by atoms with Crippen LogP contribution in [0, 0.1) is 17.3 Å². The van der Waals surface area contributed by atoms with Crippen molar-refractivity contribution in [1.82, 2.24) is 0 Å². The zero-order valence-electron chi connectivity index (χ0n) is 7.36. The van der Waals surface area contributed by atoms with Gasteiger partial charge in [0, 0.05) is 17.6 Å². The first-order valence-electron chi connectivity index (χ1n) is 4.76. The van der Waals surface area contributed by atoms with E-state index >= 15 is 0 Å². The minimum absolute atomic E-state index is 0.252. The molecular formula is C10H12O2S. The Balaban J connectivity index is 1.83. The molecule has 2 bridgehead atoms. The van der Waals surface area contributed by atoms with E-state index in [1.54, 1.807) is 0 Å². The average Bonchev–Trinajstić information content (AvgIpc) is 2.70. The molecule has 3 heteroatoms. The third-order valence-electron chi connectivity index (χ3n) is 3.58. The normalized spacial score (nSPS) is 39.2. The first-order chi connectivity index (χ1) is 6.28. The molecule has 0 aromatic heterocycles. The summed E-state index contributed by atoms with van der Waals surface area (Å²) < 4.78 is 10.7. The topological polar surface area (TPSA) is 18.5 Å². The van der Waals surface area contributed by atoms with Gasteiger partial charge in [-0.2, -0.15) is 0 Å². The molecule has 1 heterocycles. The third kappa shape index (κ3) is 1.03. The Kier molecular flexibility index (Phi) is 1.48. The SMILES string of the molecule is S=C1OCC2(CO1)CC1C=CC2C1. The largest absolute Gasteiger partial charge is 0.456 e. The number of ether oxygens (including phenoxy) is 2. The van der Waals surface area contributed by atoms with Crippen LogP contribution in [0.3, 0.4) is 0 Å². The number of rotatable bonds is 0. The molecule has 70 valence electrons. The molecule has 1 aliphatic heterocycles. The number of hydrogen-bond donors (Lipinski definition) is 0. The van der Waals surface area contributed by atoms with E-state index in [4.69, 9.17) is 21.7 Å². The van der Waals surface area contributed by atoms with Gasteiger partial charge in [-0.3, -0.25) is 0 Å². The summed E-state index contributed by atoms with van der Waals surface area (Å²) in [7, 11) is 0. The summed E-state index contributed by atoms with van der Waals surface area (Å²) in [5.74, 6) is 1.43. The van der Waals surface area contributed by atoms with Crippen LogP contribution in [0.1, 0.15) is 12.8 Å². The van der Waals surface area contributed by atoms with Crippen LogP contribution in [0.15, 0.2) is 12.2 Å². The van der Waals surface area contributed by atoms with Crippen molar-refractivity contribution in [3.63, 3.8) is 0 Å². The van der Waals surface area contributed by atoms with Crippen molar-refractivity contribution in [2.75, 3.05) is 13.2 Å². The van der Waals surface area contributed by atoms with Crippen LogP contribution < -0.4 is 0 Å². The Bertz CT molecular complexity index is 275. The Morgan fingerprint density at radius 3 is 2.62 bits per heavy atom. The molecule has 13 heavy (non-hydrogen) atoms. The van der Waals surface area contributed by atoms with Gasteiger partial charge in [-0.25, -0.2) is 0 Å².